The highest BCUT2D eigenvalue weighted by Gasteiger charge is 2.20. The molecule has 1 amide bonds. The fraction of sp³-hybridized carbons (Fsp3) is 0.312. The molecule has 0 aliphatic rings. The van der Waals surface area contributed by atoms with Gasteiger partial charge in [0, 0.05) is 18.2 Å². The zero-order chi connectivity index (χ0) is 18.4. The van der Waals surface area contributed by atoms with Gasteiger partial charge in [-0.05, 0) is 6.92 Å². The Balaban J connectivity index is 2.05. The summed E-state index contributed by atoms with van der Waals surface area (Å²) in [6, 6.07) is 4.45. The standard InChI is InChI=1S/C16H18N2O7/c1-9-5-15(25-18-9)17-14(19)8-24-16(20)10-6-12(22-3)13(23-4)7-11(10)21-2/h5-7H,8H2,1-4H3,(H,17,19). The van der Waals surface area contributed by atoms with E-state index in [1.807, 2.05) is 0 Å². The first-order valence-electron chi connectivity index (χ1n) is 7.18. The second-order valence-electron chi connectivity index (χ2n) is 4.86. The predicted molar refractivity (Wildman–Crippen MR) is 86.3 cm³/mol. The van der Waals surface area contributed by atoms with Crippen molar-refractivity contribution >= 4 is 17.8 Å². The van der Waals surface area contributed by atoms with Crippen molar-refractivity contribution in [3.05, 3.63) is 29.5 Å². The summed E-state index contributed by atoms with van der Waals surface area (Å²) in [4.78, 5) is 24.0. The van der Waals surface area contributed by atoms with Crippen LogP contribution in [0.5, 0.6) is 17.2 Å². The molecule has 0 saturated carbocycles. The molecule has 0 aliphatic carbocycles. The molecule has 1 N–H and O–H groups in total. The van der Waals surface area contributed by atoms with E-state index in [2.05, 4.69) is 10.5 Å². The van der Waals surface area contributed by atoms with Crippen LogP contribution in [-0.2, 0) is 9.53 Å². The van der Waals surface area contributed by atoms with Gasteiger partial charge in [0.1, 0.15) is 11.3 Å². The number of aryl methyl sites for hydroxylation is 1. The number of aromatic nitrogens is 1. The lowest BCUT2D eigenvalue weighted by atomic mass is 10.1. The molecule has 2 aromatic rings. The molecule has 0 unspecified atom stereocenters. The lowest BCUT2D eigenvalue weighted by Gasteiger charge is -2.13. The zero-order valence-corrected chi connectivity index (χ0v) is 14.2. The largest absolute Gasteiger partial charge is 0.496 e. The molecule has 0 saturated heterocycles. The van der Waals surface area contributed by atoms with Crippen LogP contribution in [0.15, 0.2) is 22.7 Å². The van der Waals surface area contributed by atoms with Gasteiger partial charge in [0.25, 0.3) is 5.91 Å². The second kappa shape index (κ2) is 8.04. The van der Waals surface area contributed by atoms with Crippen molar-refractivity contribution in [3.63, 3.8) is 0 Å². The van der Waals surface area contributed by atoms with Crippen LogP contribution in [0, 0.1) is 6.92 Å². The number of ether oxygens (including phenoxy) is 4. The van der Waals surface area contributed by atoms with E-state index in [4.69, 9.17) is 23.5 Å². The van der Waals surface area contributed by atoms with Crippen LogP contribution < -0.4 is 19.5 Å². The molecule has 25 heavy (non-hydrogen) atoms. The average molecular weight is 350 g/mol. The number of nitrogens with zero attached hydrogens (tertiary/aromatic N) is 1. The number of hydrogen-bond acceptors (Lipinski definition) is 8. The van der Waals surface area contributed by atoms with Crippen molar-refractivity contribution in [1.82, 2.24) is 5.16 Å². The van der Waals surface area contributed by atoms with Crippen LogP contribution in [-0.4, -0.2) is 45.0 Å². The molecule has 0 fully saturated rings. The number of hydrogen-bond donors (Lipinski definition) is 1. The van der Waals surface area contributed by atoms with Crippen LogP contribution in [0.2, 0.25) is 0 Å². The van der Waals surface area contributed by atoms with Crippen molar-refractivity contribution in [2.75, 3.05) is 33.3 Å². The third kappa shape index (κ3) is 4.40. The number of carbonyl (C=O) groups is 2. The van der Waals surface area contributed by atoms with E-state index in [0.29, 0.717) is 17.2 Å². The van der Waals surface area contributed by atoms with Crippen molar-refractivity contribution in [2.45, 2.75) is 6.92 Å². The minimum atomic E-state index is -0.748. The molecule has 0 atom stereocenters. The van der Waals surface area contributed by atoms with Gasteiger partial charge < -0.3 is 23.5 Å². The van der Waals surface area contributed by atoms with Crippen LogP contribution in [0.25, 0.3) is 0 Å². The molecular weight excluding hydrogens is 332 g/mol. The van der Waals surface area contributed by atoms with Crippen LogP contribution >= 0.6 is 0 Å². The van der Waals surface area contributed by atoms with E-state index in [9.17, 15) is 9.59 Å². The minimum Gasteiger partial charge on any atom is -0.496 e. The highest BCUT2D eigenvalue weighted by molar-refractivity contribution is 5.97. The van der Waals surface area contributed by atoms with E-state index in [0.717, 1.165) is 0 Å². The van der Waals surface area contributed by atoms with Crippen LogP contribution in [0.3, 0.4) is 0 Å². The maximum Gasteiger partial charge on any atom is 0.342 e. The summed E-state index contributed by atoms with van der Waals surface area (Å²) >= 11 is 0. The first-order valence-corrected chi connectivity index (χ1v) is 7.18. The highest BCUT2D eigenvalue weighted by atomic mass is 16.5. The Morgan fingerprint density at radius 3 is 2.24 bits per heavy atom. The molecule has 9 heteroatoms. The number of nitrogens with one attached hydrogen (secondary N) is 1. The molecule has 1 aromatic carbocycles. The Morgan fingerprint density at radius 2 is 1.68 bits per heavy atom. The van der Waals surface area contributed by atoms with Gasteiger partial charge in [-0.15, -0.1) is 0 Å². The molecule has 134 valence electrons. The van der Waals surface area contributed by atoms with Crippen LogP contribution in [0.4, 0.5) is 5.88 Å². The summed E-state index contributed by atoms with van der Waals surface area (Å²) < 4.78 is 25.3. The third-order valence-electron chi connectivity index (χ3n) is 3.15. The van der Waals surface area contributed by atoms with Gasteiger partial charge in [0.05, 0.1) is 27.0 Å². The van der Waals surface area contributed by atoms with Crippen molar-refractivity contribution < 1.29 is 33.1 Å². The molecule has 0 bridgehead atoms. The molecule has 9 nitrogen and oxygen atoms in total. The third-order valence-corrected chi connectivity index (χ3v) is 3.15. The van der Waals surface area contributed by atoms with Gasteiger partial charge in [-0.2, -0.15) is 0 Å². The second-order valence-corrected chi connectivity index (χ2v) is 4.86. The Labute approximate surface area is 143 Å². The number of carbonyl (C=O) groups excluding carboxylic acids is 2. The smallest absolute Gasteiger partial charge is 0.342 e. The highest BCUT2D eigenvalue weighted by Crippen LogP contribution is 2.34. The van der Waals surface area contributed by atoms with Gasteiger partial charge in [0.2, 0.25) is 5.88 Å². The first-order chi connectivity index (χ1) is 12.0. The van der Waals surface area contributed by atoms with Crippen LogP contribution in [0.1, 0.15) is 16.1 Å². The van der Waals surface area contributed by atoms with E-state index >= 15 is 0 Å². The van der Waals surface area contributed by atoms with E-state index in [-0.39, 0.29) is 17.2 Å². The molecule has 0 radical (unpaired) electrons. The van der Waals surface area contributed by atoms with E-state index < -0.39 is 18.5 Å². The van der Waals surface area contributed by atoms with E-state index in [1.165, 1.54) is 39.5 Å². The van der Waals surface area contributed by atoms with Gasteiger partial charge >= 0.3 is 5.97 Å². The summed E-state index contributed by atoms with van der Waals surface area (Å²) in [7, 11) is 4.30. The summed E-state index contributed by atoms with van der Waals surface area (Å²) in [5, 5.41) is 6.05. The first kappa shape index (κ1) is 18.1. The molecule has 1 aromatic heterocycles. The van der Waals surface area contributed by atoms with E-state index in [1.54, 1.807) is 6.92 Å². The molecule has 2 rings (SSSR count). The van der Waals surface area contributed by atoms with Gasteiger partial charge in [-0.3, -0.25) is 10.1 Å². The number of amides is 1. The summed E-state index contributed by atoms with van der Waals surface area (Å²) in [6.07, 6.45) is 0. The Bertz CT molecular complexity index is 770. The van der Waals surface area contributed by atoms with Crippen molar-refractivity contribution in [3.8, 4) is 17.2 Å². The van der Waals surface area contributed by atoms with Crippen molar-refractivity contribution in [1.29, 1.82) is 0 Å². The number of benzene rings is 1. The van der Waals surface area contributed by atoms with Gasteiger partial charge in [0.15, 0.2) is 18.1 Å². The molecule has 0 spiro atoms. The average Bonchev–Trinajstić information content (AvgIpc) is 3.02. The normalized spacial score (nSPS) is 10.1. The Hall–Kier alpha value is -3.23. The number of esters is 1. The lowest BCUT2D eigenvalue weighted by Crippen LogP contribution is -2.21. The maximum absolute atomic E-state index is 12.2. The summed E-state index contributed by atoms with van der Waals surface area (Å²) in [5.74, 6) is -0.187. The predicted octanol–water partition coefficient (Wildman–Crippen LogP) is 1.80. The summed E-state index contributed by atoms with van der Waals surface area (Å²) in [6.45, 7) is 1.21. The molecule has 1 heterocycles. The number of rotatable bonds is 7. The monoisotopic (exact) mass is 350 g/mol. The van der Waals surface area contributed by atoms with Gasteiger partial charge in [-0.25, -0.2) is 4.79 Å². The van der Waals surface area contributed by atoms with Gasteiger partial charge in [-0.1, -0.05) is 5.16 Å². The minimum absolute atomic E-state index is 0.100. The maximum atomic E-state index is 12.2. The summed E-state index contributed by atoms with van der Waals surface area (Å²) in [5.41, 5.74) is 0.714. The Morgan fingerprint density at radius 1 is 1.04 bits per heavy atom. The number of methoxy groups -OCH3 is 3. The fourth-order valence-electron chi connectivity index (χ4n) is 1.99. The quantitative estimate of drug-likeness (QED) is 0.753. The molecular formula is C16H18N2O7. The fourth-order valence-corrected chi connectivity index (χ4v) is 1.99. The number of anilines is 1. The molecule has 0 aliphatic heterocycles. The lowest BCUT2D eigenvalue weighted by molar-refractivity contribution is -0.119. The Kier molecular flexibility index (Phi) is 5.83. The topological polar surface area (TPSA) is 109 Å². The zero-order valence-electron chi connectivity index (χ0n) is 14.2. The SMILES string of the molecule is COc1cc(OC)c(C(=O)OCC(=O)Nc2cc(C)no2)cc1OC. The van der Waals surface area contributed by atoms with Crippen molar-refractivity contribution in [2.24, 2.45) is 0 Å².